The second-order valence-electron chi connectivity index (χ2n) is 4.51. The standard InChI is InChI=1S/C14H15ClFN3/c1-8(17)11-7-18-13(19-9(11)2)6-10-4-3-5-12(15)14(10)16/h3-5,7-8H,6,17H2,1-2H3. The summed E-state index contributed by atoms with van der Waals surface area (Å²) in [5.74, 6) is 0.143. The van der Waals surface area contributed by atoms with Gasteiger partial charge < -0.3 is 5.73 Å². The summed E-state index contributed by atoms with van der Waals surface area (Å²) in [6, 6.07) is 4.80. The molecule has 0 aliphatic rings. The zero-order valence-electron chi connectivity index (χ0n) is 10.8. The minimum absolute atomic E-state index is 0.112. The third kappa shape index (κ3) is 3.08. The molecule has 0 saturated heterocycles. The lowest BCUT2D eigenvalue weighted by Crippen LogP contribution is -2.10. The smallest absolute Gasteiger partial charge is 0.145 e. The van der Waals surface area contributed by atoms with Crippen LogP contribution in [0.15, 0.2) is 24.4 Å². The lowest BCUT2D eigenvalue weighted by molar-refractivity contribution is 0.612. The molecule has 1 atom stereocenters. The van der Waals surface area contributed by atoms with E-state index in [-0.39, 0.29) is 11.1 Å². The Bertz CT molecular complexity index is 599. The van der Waals surface area contributed by atoms with E-state index in [4.69, 9.17) is 17.3 Å². The number of rotatable bonds is 3. The molecule has 1 aromatic carbocycles. The number of hydrogen-bond donors (Lipinski definition) is 1. The summed E-state index contributed by atoms with van der Waals surface area (Å²) in [4.78, 5) is 8.59. The monoisotopic (exact) mass is 279 g/mol. The van der Waals surface area contributed by atoms with Gasteiger partial charge in [-0.25, -0.2) is 14.4 Å². The van der Waals surface area contributed by atoms with Crippen LogP contribution in [-0.2, 0) is 6.42 Å². The van der Waals surface area contributed by atoms with Crippen molar-refractivity contribution in [2.24, 2.45) is 5.73 Å². The highest BCUT2D eigenvalue weighted by atomic mass is 35.5. The van der Waals surface area contributed by atoms with Crippen molar-refractivity contribution in [3.8, 4) is 0 Å². The van der Waals surface area contributed by atoms with Gasteiger partial charge in [-0.3, -0.25) is 0 Å². The molecule has 0 saturated carbocycles. The number of halogens is 2. The zero-order chi connectivity index (χ0) is 14.0. The fourth-order valence-corrected chi connectivity index (χ4v) is 2.11. The van der Waals surface area contributed by atoms with Crippen LogP contribution in [0, 0.1) is 12.7 Å². The fraction of sp³-hybridized carbons (Fsp3) is 0.286. The highest BCUT2D eigenvalue weighted by molar-refractivity contribution is 6.30. The van der Waals surface area contributed by atoms with Crippen LogP contribution in [0.3, 0.4) is 0 Å². The van der Waals surface area contributed by atoms with E-state index in [2.05, 4.69) is 9.97 Å². The Morgan fingerprint density at radius 3 is 2.79 bits per heavy atom. The molecule has 1 heterocycles. The van der Waals surface area contributed by atoms with E-state index in [0.29, 0.717) is 17.8 Å². The number of nitrogens with zero attached hydrogens (tertiary/aromatic N) is 2. The van der Waals surface area contributed by atoms with Crippen LogP contribution >= 0.6 is 11.6 Å². The maximum Gasteiger partial charge on any atom is 0.145 e. The van der Waals surface area contributed by atoms with Crippen molar-refractivity contribution in [1.82, 2.24) is 9.97 Å². The second-order valence-corrected chi connectivity index (χ2v) is 4.91. The molecular formula is C14H15ClFN3. The minimum Gasteiger partial charge on any atom is -0.324 e. The first kappa shape index (κ1) is 13.9. The first-order valence-electron chi connectivity index (χ1n) is 6.00. The number of aromatic nitrogens is 2. The molecule has 5 heteroatoms. The van der Waals surface area contributed by atoms with Gasteiger partial charge in [0.1, 0.15) is 11.6 Å². The lowest BCUT2D eigenvalue weighted by atomic mass is 10.1. The van der Waals surface area contributed by atoms with Gasteiger partial charge in [0, 0.05) is 29.9 Å². The van der Waals surface area contributed by atoms with Crippen molar-refractivity contribution in [2.75, 3.05) is 0 Å². The molecule has 19 heavy (non-hydrogen) atoms. The molecule has 1 unspecified atom stereocenters. The van der Waals surface area contributed by atoms with Crippen molar-refractivity contribution >= 4 is 11.6 Å². The van der Waals surface area contributed by atoms with Crippen LogP contribution in [0.25, 0.3) is 0 Å². The van der Waals surface area contributed by atoms with Crippen LogP contribution in [0.2, 0.25) is 5.02 Å². The Labute approximate surface area is 116 Å². The van der Waals surface area contributed by atoms with Crippen molar-refractivity contribution in [3.05, 3.63) is 57.9 Å². The summed E-state index contributed by atoms with van der Waals surface area (Å²) < 4.78 is 13.8. The SMILES string of the molecule is Cc1nc(Cc2cccc(Cl)c2F)ncc1C(C)N. The Balaban J connectivity index is 2.29. The molecule has 2 rings (SSSR count). The van der Waals surface area contributed by atoms with Crippen molar-refractivity contribution in [3.63, 3.8) is 0 Å². The zero-order valence-corrected chi connectivity index (χ0v) is 11.6. The number of aryl methyl sites for hydroxylation is 1. The summed E-state index contributed by atoms with van der Waals surface area (Å²) in [6.45, 7) is 3.75. The number of nitrogens with two attached hydrogens (primary N) is 1. The third-order valence-electron chi connectivity index (χ3n) is 2.94. The Kier molecular flexibility index (Phi) is 4.12. The molecule has 1 aromatic heterocycles. The minimum atomic E-state index is -0.415. The Morgan fingerprint density at radius 2 is 2.16 bits per heavy atom. The maximum absolute atomic E-state index is 13.8. The maximum atomic E-state index is 13.8. The number of benzene rings is 1. The average Bonchev–Trinajstić information content (AvgIpc) is 2.34. The van der Waals surface area contributed by atoms with Gasteiger partial charge >= 0.3 is 0 Å². The van der Waals surface area contributed by atoms with E-state index < -0.39 is 5.82 Å². The predicted molar refractivity (Wildman–Crippen MR) is 73.6 cm³/mol. The van der Waals surface area contributed by atoms with Gasteiger partial charge in [0.05, 0.1) is 5.02 Å². The number of hydrogen-bond acceptors (Lipinski definition) is 3. The Morgan fingerprint density at radius 1 is 1.42 bits per heavy atom. The highest BCUT2D eigenvalue weighted by Gasteiger charge is 2.11. The molecule has 0 radical (unpaired) electrons. The first-order valence-corrected chi connectivity index (χ1v) is 6.37. The molecule has 0 spiro atoms. The summed E-state index contributed by atoms with van der Waals surface area (Å²) in [5.41, 5.74) is 8.01. The van der Waals surface area contributed by atoms with E-state index in [9.17, 15) is 4.39 Å². The highest BCUT2D eigenvalue weighted by Crippen LogP contribution is 2.20. The van der Waals surface area contributed by atoms with Gasteiger partial charge in [-0.2, -0.15) is 0 Å². The van der Waals surface area contributed by atoms with Gasteiger partial charge in [-0.1, -0.05) is 23.7 Å². The fourth-order valence-electron chi connectivity index (χ4n) is 1.91. The first-order chi connectivity index (χ1) is 8.99. The van der Waals surface area contributed by atoms with E-state index in [1.54, 1.807) is 18.3 Å². The van der Waals surface area contributed by atoms with Gasteiger partial charge in [0.15, 0.2) is 0 Å². The largest absolute Gasteiger partial charge is 0.324 e. The van der Waals surface area contributed by atoms with Gasteiger partial charge in [0.25, 0.3) is 0 Å². The summed E-state index contributed by atoms with van der Waals surface area (Å²) in [6.07, 6.45) is 2.01. The third-order valence-corrected chi connectivity index (χ3v) is 3.23. The van der Waals surface area contributed by atoms with E-state index >= 15 is 0 Å². The molecule has 0 aliphatic heterocycles. The quantitative estimate of drug-likeness (QED) is 0.939. The second kappa shape index (κ2) is 5.63. The van der Waals surface area contributed by atoms with Crippen LogP contribution in [0.5, 0.6) is 0 Å². The van der Waals surface area contributed by atoms with E-state index in [1.165, 1.54) is 6.07 Å². The van der Waals surface area contributed by atoms with Crippen LogP contribution < -0.4 is 5.73 Å². The molecule has 0 aliphatic carbocycles. The van der Waals surface area contributed by atoms with Crippen molar-refractivity contribution in [2.45, 2.75) is 26.3 Å². The van der Waals surface area contributed by atoms with Gasteiger partial charge in [-0.15, -0.1) is 0 Å². The van der Waals surface area contributed by atoms with Gasteiger partial charge in [0.2, 0.25) is 0 Å². The summed E-state index contributed by atoms with van der Waals surface area (Å²) >= 11 is 5.75. The lowest BCUT2D eigenvalue weighted by Gasteiger charge is -2.10. The molecular weight excluding hydrogens is 265 g/mol. The van der Waals surface area contributed by atoms with Gasteiger partial charge in [-0.05, 0) is 25.5 Å². The molecule has 0 bridgehead atoms. The average molecular weight is 280 g/mol. The summed E-state index contributed by atoms with van der Waals surface area (Å²) in [7, 11) is 0. The van der Waals surface area contributed by atoms with Crippen LogP contribution in [0.1, 0.15) is 35.6 Å². The normalized spacial score (nSPS) is 12.5. The molecule has 2 N–H and O–H groups in total. The molecule has 0 amide bonds. The molecule has 100 valence electrons. The topological polar surface area (TPSA) is 51.8 Å². The van der Waals surface area contributed by atoms with E-state index in [0.717, 1.165) is 11.3 Å². The predicted octanol–water partition coefficient (Wildman–Crippen LogP) is 3.19. The van der Waals surface area contributed by atoms with E-state index in [1.807, 2.05) is 13.8 Å². The molecule has 0 fully saturated rings. The van der Waals surface area contributed by atoms with Crippen molar-refractivity contribution in [1.29, 1.82) is 0 Å². The summed E-state index contributed by atoms with van der Waals surface area (Å²) in [5, 5.41) is 0.112. The Hall–Kier alpha value is -1.52. The van der Waals surface area contributed by atoms with Crippen LogP contribution in [0.4, 0.5) is 4.39 Å². The molecule has 2 aromatic rings. The van der Waals surface area contributed by atoms with Crippen molar-refractivity contribution < 1.29 is 4.39 Å². The van der Waals surface area contributed by atoms with Crippen LogP contribution in [-0.4, -0.2) is 9.97 Å². The molecule has 3 nitrogen and oxygen atoms in total.